The van der Waals surface area contributed by atoms with Crippen LogP contribution in [0.2, 0.25) is 0 Å². The van der Waals surface area contributed by atoms with Gasteiger partial charge in [-0.15, -0.1) is 0 Å². The Morgan fingerprint density at radius 2 is 1.59 bits per heavy atom. The van der Waals surface area contributed by atoms with E-state index in [1.807, 2.05) is 13.0 Å². The van der Waals surface area contributed by atoms with Gasteiger partial charge >= 0.3 is 11.9 Å². The van der Waals surface area contributed by atoms with Gasteiger partial charge in [0.05, 0.1) is 11.6 Å². The molecule has 2 atom stereocenters. The third-order valence-corrected chi connectivity index (χ3v) is 5.17. The van der Waals surface area contributed by atoms with Gasteiger partial charge in [0.15, 0.2) is 6.10 Å². The number of carboxylic acids is 2. The maximum Gasteiger partial charge on any atom is 0.335 e. The Kier molecular flexibility index (Phi) is 7.02. The molecule has 32 heavy (non-hydrogen) atoms. The number of aryl methyl sites for hydroxylation is 1. The van der Waals surface area contributed by atoms with Crippen molar-refractivity contribution in [3.8, 4) is 11.1 Å². The normalized spacial score (nSPS) is 12.6. The summed E-state index contributed by atoms with van der Waals surface area (Å²) in [5, 5.41) is 31.3. The average Bonchev–Trinajstić information content (AvgIpc) is 2.79. The minimum absolute atomic E-state index is 0.129. The van der Waals surface area contributed by atoms with E-state index >= 15 is 0 Å². The topological polar surface area (TPSA) is 124 Å². The molecular weight excluding hydrogens is 410 g/mol. The van der Waals surface area contributed by atoms with E-state index in [2.05, 4.69) is 5.32 Å². The zero-order chi connectivity index (χ0) is 23.3. The summed E-state index contributed by atoms with van der Waals surface area (Å²) >= 11 is 0. The van der Waals surface area contributed by atoms with Crippen LogP contribution in [0.25, 0.3) is 11.1 Å². The summed E-state index contributed by atoms with van der Waals surface area (Å²) in [6, 6.07) is 19.3. The van der Waals surface area contributed by atoms with Crippen LogP contribution in [0, 0.1) is 6.92 Å². The van der Waals surface area contributed by atoms with E-state index in [9.17, 15) is 29.7 Å². The lowest BCUT2D eigenvalue weighted by Crippen LogP contribution is -2.48. The number of nitrogens with one attached hydrogen (secondary N) is 1. The molecule has 0 aliphatic heterocycles. The smallest absolute Gasteiger partial charge is 0.335 e. The van der Waals surface area contributed by atoms with Gasteiger partial charge < -0.3 is 20.6 Å². The molecule has 7 nitrogen and oxygen atoms in total. The molecule has 0 radical (unpaired) electrons. The minimum Gasteiger partial charge on any atom is -0.479 e. The largest absolute Gasteiger partial charge is 0.479 e. The molecule has 1 amide bonds. The molecule has 0 bridgehead atoms. The first-order valence-corrected chi connectivity index (χ1v) is 9.96. The van der Waals surface area contributed by atoms with E-state index < -0.39 is 30.0 Å². The highest BCUT2D eigenvalue weighted by Crippen LogP contribution is 2.26. The van der Waals surface area contributed by atoms with Gasteiger partial charge in [0, 0.05) is 5.56 Å². The van der Waals surface area contributed by atoms with E-state index in [0.717, 1.165) is 11.1 Å². The fourth-order valence-corrected chi connectivity index (χ4v) is 3.43. The number of hydrogen-bond acceptors (Lipinski definition) is 4. The summed E-state index contributed by atoms with van der Waals surface area (Å²) in [6.45, 7) is 1.84. The van der Waals surface area contributed by atoms with Crippen LogP contribution in [0.1, 0.15) is 31.8 Å². The minimum atomic E-state index is -1.78. The maximum absolute atomic E-state index is 12.9. The van der Waals surface area contributed by atoms with Crippen LogP contribution in [-0.2, 0) is 11.2 Å². The SMILES string of the molecule is Cc1ccc(C(=O)N[C@H](Cc2ccccc2)[C@@H](O)C(=O)O)cc1-c1cccc(C(=O)O)c1. The molecule has 3 aromatic carbocycles. The molecule has 0 aliphatic rings. The van der Waals surface area contributed by atoms with Crippen LogP contribution < -0.4 is 5.32 Å². The quantitative estimate of drug-likeness (QED) is 0.433. The lowest BCUT2D eigenvalue weighted by atomic mass is 9.96. The number of amides is 1. The highest BCUT2D eigenvalue weighted by atomic mass is 16.4. The van der Waals surface area contributed by atoms with Crippen molar-refractivity contribution in [2.24, 2.45) is 0 Å². The number of carboxylic acid groups (broad SMARTS) is 2. The van der Waals surface area contributed by atoms with E-state index in [1.165, 1.54) is 12.1 Å². The molecule has 0 heterocycles. The standard InChI is InChI=1S/C25H23NO6/c1-15-10-11-18(14-20(15)17-8-5-9-19(13-17)24(29)30)23(28)26-21(22(27)25(31)32)12-16-6-3-2-4-7-16/h2-11,13-14,21-22,27H,12H2,1H3,(H,26,28)(H,29,30)(H,31,32)/t21-,22-/m1/s1. The van der Waals surface area contributed by atoms with Gasteiger partial charge in [-0.25, -0.2) is 9.59 Å². The lowest BCUT2D eigenvalue weighted by molar-refractivity contribution is -0.148. The summed E-state index contributed by atoms with van der Waals surface area (Å²) in [6.07, 6.45) is -1.64. The molecule has 0 spiro atoms. The first-order valence-electron chi connectivity index (χ1n) is 9.96. The van der Waals surface area contributed by atoms with Gasteiger partial charge in [0.25, 0.3) is 5.91 Å². The molecule has 0 aromatic heterocycles. The zero-order valence-electron chi connectivity index (χ0n) is 17.4. The molecule has 3 aromatic rings. The van der Waals surface area contributed by atoms with Crippen molar-refractivity contribution in [1.29, 1.82) is 0 Å². The summed E-state index contributed by atoms with van der Waals surface area (Å²) < 4.78 is 0. The van der Waals surface area contributed by atoms with Crippen molar-refractivity contribution in [1.82, 2.24) is 5.32 Å². The molecule has 7 heteroatoms. The maximum atomic E-state index is 12.9. The Morgan fingerprint density at radius 1 is 0.875 bits per heavy atom. The molecule has 0 unspecified atom stereocenters. The van der Waals surface area contributed by atoms with Crippen molar-refractivity contribution in [2.75, 3.05) is 0 Å². The first kappa shape index (κ1) is 22.7. The Bertz CT molecular complexity index is 1140. The lowest BCUT2D eigenvalue weighted by Gasteiger charge is -2.22. The number of aliphatic carboxylic acids is 1. The predicted octanol–water partition coefficient (Wildman–Crippen LogP) is 3.15. The number of aliphatic hydroxyl groups is 1. The van der Waals surface area contributed by atoms with Crippen molar-refractivity contribution < 1.29 is 29.7 Å². The van der Waals surface area contributed by atoms with Crippen LogP contribution in [-0.4, -0.2) is 45.3 Å². The van der Waals surface area contributed by atoms with Gasteiger partial charge in [0.2, 0.25) is 0 Å². The third kappa shape index (κ3) is 5.39. The Labute approximate surface area is 185 Å². The van der Waals surface area contributed by atoms with Crippen LogP contribution in [0.3, 0.4) is 0 Å². The van der Waals surface area contributed by atoms with E-state index in [-0.39, 0.29) is 17.5 Å². The molecule has 0 fully saturated rings. The van der Waals surface area contributed by atoms with Gasteiger partial charge in [0.1, 0.15) is 0 Å². The molecular formula is C25H23NO6. The zero-order valence-corrected chi connectivity index (χ0v) is 17.4. The number of carbonyl (C=O) groups is 3. The Morgan fingerprint density at radius 3 is 2.25 bits per heavy atom. The first-order chi connectivity index (χ1) is 15.3. The van der Waals surface area contributed by atoms with Crippen LogP contribution in [0.4, 0.5) is 0 Å². The highest BCUT2D eigenvalue weighted by Gasteiger charge is 2.28. The van der Waals surface area contributed by atoms with E-state index in [0.29, 0.717) is 11.1 Å². The number of hydrogen-bond donors (Lipinski definition) is 4. The van der Waals surface area contributed by atoms with E-state index in [1.54, 1.807) is 54.6 Å². The second-order valence-corrected chi connectivity index (χ2v) is 7.47. The monoisotopic (exact) mass is 433 g/mol. The Hall–Kier alpha value is -3.97. The summed E-state index contributed by atoms with van der Waals surface area (Å²) in [7, 11) is 0. The fraction of sp³-hybridized carbons (Fsp3) is 0.160. The summed E-state index contributed by atoms with van der Waals surface area (Å²) in [5.41, 5.74) is 3.33. The average molecular weight is 433 g/mol. The van der Waals surface area contributed by atoms with Crippen LogP contribution >= 0.6 is 0 Å². The third-order valence-electron chi connectivity index (χ3n) is 5.17. The summed E-state index contributed by atoms with van der Waals surface area (Å²) in [5.74, 6) is -3.02. The molecule has 164 valence electrons. The molecule has 4 N–H and O–H groups in total. The van der Waals surface area contributed by atoms with Gasteiger partial charge in [-0.05, 0) is 59.9 Å². The van der Waals surface area contributed by atoms with Gasteiger partial charge in [-0.3, -0.25) is 4.79 Å². The summed E-state index contributed by atoms with van der Waals surface area (Å²) in [4.78, 5) is 35.6. The van der Waals surface area contributed by atoms with Crippen molar-refractivity contribution in [3.63, 3.8) is 0 Å². The van der Waals surface area contributed by atoms with Crippen LogP contribution in [0.5, 0.6) is 0 Å². The van der Waals surface area contributed by atoms with E-state index in [4.69, 9.17) is 0 Å². The predicted molar refractivity (Wildman–Crippen MR) is 119 cm³/mol. The van der Waals surface area contributed by atoms with Crippen molar-refractivity contribution >= 4 is 17.8 Å². The molecule has 0 aliphatic carbocycles. The highest BCUT2D eigenvalue weighted by molar-refractivity contribution is 5.97. The number of aliphatic hydroxyl groups excluding tert-OH is 1. The second-order valence-electron chi connectivity index (χ2n) is 7.47. The number of benzene rings is 3. The fourth-order valence-electron chi connectivity index (χ4n) is 3.43. The number of aromatic carboxylic acids is 1. The van der Waals surface area contributed by atoms with Crippen molar-refractivity contribution in [2.45, 2.75) is 25.5 Å². The Balaban J connectivity index is 1.89. The number of rotatable bonds is 8. The molecule has 0 saturated heterocycles. The van der Waals surface area contributed by atoms with Crippen molar-refractivity contribution in [3.05, 3.63) is 95.1 Å². The van der Waals surface area contributed by atoms with Gasteiger partial charge in [-0.1, -0.05) is 48.5 Å². The second kappa shape index (κ2) is 9.89. The molecule has 3 rings (SSSR count). The number of carbonyl (C=O) groups excluding carboxylic acids is 1. The van der Waals surface area contributed by atoms with Crippen LogP contribution in [0.15, 0.2) is 72.8 Å². The van der Waals surface area contributed by atoms with Gasteiger partial charge in [-0.2, -0.15) is 0 Å². The molecule has 0 saturated carbocycles.